The predicted octanol–water partition coefficient (Wildman–Crippen LogP) is 2.86. The third kappa shape index (κ3) is 4.34. The summed E-state index contributed by atoms with van der Waals surface area (Å²) in [5, 5.41) is 2.52. The fraction of sp³-hybridized carbons (Fsp3) is 0.176. The molecule has 2 aromatic carbocycles. The van der Waals surface area contributed by atoms with Gasteiger partial charge in [-0.15, -0.1) is 0 Å². The number of carbonyl (C=O) groups excluding carboxylic acids is 2. The van der Waals surface area contributed by atoms with E-state index >= 15 is 0 Å². The number of amides is 1. The Balaban J connectivity index is 1.87. The van der Waals surface area contributed by atoms with Crippen molar-refractivity contribution in [2.75, 3.05) is 7.11 Å². The lowest BCUT2D eigenvalue weighted by Crippen LogP contribution is -2.29. The molecular weight excluding hydrogens is 282 g/mol. The van der Waals surface area contributed by atoms with E-state index in [1.54, 1.807) is 55.6 Å². The molecule has 0 saturated carbocycles. The Kier molecular flexibility index (Phi) is 5.54. The van der Waals surface area contributed by atoms with E-state index < -0.39 is 12.1 Å². The first-order valence-corrected chi connectivity index (χ1v) is 6.79. The normalized spacial score (nSPS) is 11.3. The monoisotopic (exact) mass is 299 g/mol. The molecule has 0 fully saturated rings. The summed E-state index contributed by atoms with van der Waals surface area (Å²) in [7, 11) is 1.59. The van der Waals surface area contributed by atoms with Gasteiger partial charge in [0.05, 0.1) is 7.11 Å². The molecule has 2 rings (SSSR count). The maximum absolute atomic E-state index is 11.8. The van der Waals surface area contributed by atoms with Gasteiger partial charge in [0.15, 0.2) is 0 Å². The Morgan fingerprint density at radius 2 is 1.82 bits per heavy atom. The lowest BCUT2D eigenvalue weighted by atomic mass is 10.1. The number of hydrogen-bond acceptors (Lipinski definition) is 4. The molecule has 0 saturated heterocycles. The average Bonchev–Trinajstić information content (AvgIpc) is 2.59. The van der Waals surface area contributed by atoms with Crippen LogP contribution in [0.4, 0.5) is 4.79 Å². The summed E-state index contributed by atoms with van der Waals surface area (Å²) in [6, 6.07) is 15.4. The lowest BCUT2D eigenvalue weighted by Gasteiger charge is -2.13. The summed E-state index contributed by atoms with van der Waals surface area (Å²) in [5.41, 5.74) is 1.54. The highest BCUT2D eigenvalue weighted by molar-refractivity contribution is 5.74. The molecule has 0 aliphatic rings. The number of aldehydes is 1. The Hall–Kier alpha value is -2.82. The van der Waals surface area contributed by atoms with Gasteiger partial charge in [0.25, 0.3) is 0 Å². The van der Waals surface area contributed by atoms with Crippen molar-refractivity contribution in [2.45, 2.75) is 12.6 Å². The molecule has 0 radical (unpaired) electrons. The zero-order chi connectivity index (χ0) is 15.8. The van der Waals surface area contributed by atoms with E-state index in [0.29, 0.717) is 11.8 Å². The first kappa shape index (κ1) is 15.6. The van der Waals surface area contributed by atoms with Crippen LogP contribution in [0.3, 0.4) is 0 Å². The number of rotatable bonds is 6. The van der Waals surface area contributed by atoms with Crippen LogP contribution in [-0.4, -0.2) is 19.5 Å². The second kappa shape index (κ2) is 7.83. The molecule has 5 nitrogen and oxygen atoms in total. The summed E-state index contributed by atoms with van der Waals surface area (Å²) in [6.45, 7) is 0.121. The van der Waals surface area contributed by atoms with E-state index in [-0.39, 0.29) is 6.61 Å². The number of hydrogen-bond donors (Lipinski definition) is 1. The summed E-state index contributed by atoms with van der Waals surface area (Å²) >= 11 is 0. The van der Waals surface area contributed by atoms with Crippen LogP contribution in [0.15, 0.2) is 54.6 Å². The van der Waals surface area contributed by atoms with Crippen molar-refractivity contribution >= 4 is 12.4 Å². The minimum absolute atomic E-state index is 0.121. The molecule has 0 aromatic heterocycles. The molecule has 0 aliphatic carbocycles. The van der Waals surface area contributed by atoms with Crippen LogP contribution in [-0.2, 0) is 16.1 Å². The van der Waals surface area contributed by atoms with Gasteiger partial charge in [-0.1, -0.05) is 42.5 Å². The highest BCUT2D eigenvalue weighted by Crippen LogP contribution is 2.13. The zero-order valence-corrected chi connectivity index (χ0v) is 12.2. The third-order valence-corrected chi connectivity index (χ3v) is 3.10. The van der Waals surface area contributed by atoms with Crippen LogP contribution < -0.4 is 10.1 Å². The quantitative estimate of drug-likeness (QED) is 0.833. The SMILES string of the molecule is COc1ccc(COC(=O)NC(C=O)c2ccccc2)cc1. The number of nitrogens with one attached hydrogen (secondary N) is 1. The molecule has 1 atom stereocenters. The van der Waals surface area contributed by atoms with E-state index in [1.807, 2.05) is 6.07 Å². The van der Waals surface area contributed by atoms with Gasteiger partial charge in [-0.2, -0.15) is 0 Å². The van der Waals surface area contributed by atoms with Gasteiger partial charge in [-0.05, 0) is 23.3 Å². The van der Waals surface area contributed by atoms with Gasteiger partial charge >= 0.3 is 6.09 Å². The molecule has 1 amide bonds. The fourth-order valence-electron chi connectivity index (χ4n) is 1.90. The smallest absolute Gasteiger partial charge is 0.408 e. The van der Waals surface area contributed by atoms with Crippen LogP contribution >= 0.6 is 0 Å². The molecule has 5 heteroatoms. The average molecular weight is 299 g/mol. The van der Waals surface area contributed by atoms with E-state index in [4.69, 9.17) is 9.47 Å². The van der Waals surface area contributed by atoms with Gasteiger partial charge in [0.2, 0.25) is 0 Å². The van der Waals surface area contributed by atoms with Crippen LogP contribution in [0.2, 0.25) is 0 Å². The minimum Gasteiger partial charge on any atom is -0.497 e. The molecule has 22 heavy (non-hydrogen) atoms. The van der Waals surface area contributed by atoms with Crippen molar-refractivity contribution in [3.8, 4) is 5.75 Å². The molecule has 114 valence electrons. The van der Waals surface area contributed by atoms with Crippen LogP contribution in [0.5, 0.6) is 5.75 Å². The first-order valence-electron chi connectivity index (χ1n) is 6.79. The molecule has 2 aromatic rings. The summed E-state index contributed by atoms with van der Waals surface area (Å²) in [6.07, 6.45) is 0.0287. The highest BCUT2D eigenvalue weighted by atomic mass is 16.5. The van der Waals surface area contributed by atoms with Gasteiger partial charge < -0.3 is 19.6 Å². The Morgan fingerprint density at radius 3 is 2.41 bits per heavy atom. The number of carbonyl (C=O) groups is 2. The largest absolute Gasteiger partial charge is 0.497 e. The minimum atomic E-state index is -0.718. The molecule has 0 aliphatic heterocycles. The third-order valence-electron chi connectivity index (χ3n) is 3.10. The number of benzene rings is 2. The second-order valence-electron chi connectivity index (χ2n) is 4.59. The zero-order valence-electron chi connectivity index (χ0n) is 12.2. The topological polar surface area (TPSA) is 64.6 Å². The van der Waals surface area contributed by atoms with Crippen molar-refractivity contribution in [3.05, 3.63) is 65.7 Å². The second-order valence-corrected chi connectivity index (χ2v) is 4.59. The van der Waals surface area contributed by atoms with Crippen molar-refractivity contribution in [1.29, 1.82) is 0 Å². The molecule has 0 heterocycles. The van der Waals surface area contributed by atoms with E-state index in [9.17, 15) is 9.59 Å². The maximum Gasteiger partial charge on any atom is 0.408 e. The number of methoxy groups -OCH3 is 1. The summed E-state index contributed by atoms with van der Waals surface area (Å²) in [5.74, 6) is 0.735. The van der Waals surface area contributed by atoms with Gasteiger partial charge in [-0.25, -0.2) is 4.79 Å². The Bertz CT molecular complexity index is 610. The summed E-state index contributed by atoms with van der Waals surface area (Å²) < 4.78 is 10.2. The van der Waals surface area contributed by atoms with E-state index in [2.05, 4.69) is 5.32 Å². The first-order chi connectivity index (χ1) is 10.7. The van der Waals surface area contributed by atoms with Crippen LogP contribution in [0, 0.1) is 0 Å². The van der Waals surface area contributed by atoms with Crippen molar-refractivity contribution in [3.63, 3.8) is 0 Å². The van der Waals surface area contributed by atoms with Crippen LogP contribution in [0.1, 0.15) is 17.2 Å². The van der Waals surface area contributed by atoms with Crippen molar-refractivity contribution in [2.24, 2.45) is 0 Å². The Morgan fingerprint density at radius 1 is 1.14 bits per heavy atom. The summed E-state index contributed by atoms with van der Waals surface area (Å²) in [4.78, 5) is 22.9. The molecule has 1 unspecified atom stereocenters. The predicted molar refractivity (Wildman–Crippen MR) is 81.6 cm³/mol. The molecule has 0 bridgehead atoms. The highest BCUT2D eigenvalue weighted by Gasteiger charge is 2.14. The fourth-order valence-corrected chi connectivity index (χ4v) is 1.90. The number of ether oxygens (including phenoxy) is 2. The lowest BCUT2D eigenvalue weighted by molar-refractivity contribution is -0.109. The van der Waals surface area contributed by atoms with E-state index in [1.165, 1.54) is 0 Å². The van der Waals surface area contributed by atoms with Crippen LogP contribution in [0.25, 0.3) is 0 Å². The number of alkyl carbamates (subject to hydrolysis) is 1. The van der Waals surface area contributed by atoms with Gasteiger partial charge in [0, 0.05) is 0 Å². The van der Waals surface area contributed by atoms with Crippen molar-refractivity contribution < 1.29 is 19.1 Å². The van der Waals surface area contributed by atoms with Gasteiger partial charge in [-0.3, -0.25) is 0 Å². The molecular formula is C17H17NO4. The van der Waals surface area contributed by atoms with E-state index in [0.717, 1.165) is 11.3 Å². The van der Waals surface area contributed by atoms with Gasteiger partial charge in [0.1, 0.15) is 24.7 Å². The Labute approximate surface area is 128 Å². The van der Waals surface area contributed by atoms with Crippen molar-refractivity contribution in [1.82, 2.24) is 5.32 Å². The maximum atomic E-state index is 11.8. The molecule has 0 spiro atoms. The standard InChI is InChI=1S/C17H17NO4/c1-21-15-9-7-13(8-10-15)12-22-17(20)18-16(11-19)14-5-3-2-4-6-14/h2-11,16H,12H2,1H3,(H,18,20). The molecule has 1 N–H and O–H groups in total.